The van der Waals surface area contributed by atoms with E-state index in [2.05, 4.69) is 5.32 Å². The van der Waals surface area contributed by atoms with E-state index in [-0.39, 0.29) is 39.5 Å². The van der Waals surface area contributed by atoms with Crippen molar-refractivity contribution in [3.05, 3.63) is 128 Å². The van der Waals surface area contributed by atoms with Crippen molar-refractivity contribution in [1.29, 1.82) is 0 Å². The van der Waals surface area contributed by atoms with Gasteiger partial charge >= 0.3 is 0 Å². The number of amides is 2. The van der Waals surface area contributed by atoms with Crippen molar-refractivity contribution in [2.45, 2.75) is 43.7 Å². The van der Waals surface area contributed by atoms with E-state index < -0.39 is 28.5 Å². The van der Waals surface area contributed by atoms with Gasteiger partial charge in [0, 0.05) is 29.6 Å². The molecule has 0 aromatic heterocycles. The van der Waals surface area contributed by atoms with Crippen LogP contribution in [-0.2, 0) is 32.6 Å². The van der Waals surface area contributed by atoms with E-state index >= 15 is 0 Å². The summed E-state index contributed by atoms with van der Waals surface area (Å²) >= 11 is 25.6. The Kier molecular flexibility index (Phi) is 12.8. The van der Waals surface area contributed by atoms with E-state index in [1.54, 1.807) is 42.5 Å². The lowest BCUT2D eigenvalue weighted by atomic mass is 10.0. The van der Waals surface area contributed by atoms with Crippen molar-refractivity contribution >= 4 is 73.9 Å². The second kappa shape index (κ2) is 16.5. The number of carbonyl (C=O) groups is 2. The van der Waals surface area contributed by atoms with Gasteiger partial charge in [-0.2, -0.15) is 0 Å². The number of rotatable bonds is 14. The summed E-state index contributed by atoms with van der Waals surface area (Å²) in [6.07, 6.45) is 1.77. The summed E-state index contributed by atoms with van der Waals surface area (Å²) in [7, 11) is -4.33. The Hall–Kier alpha value is -3.27. The molecule has 242 valence electrons. The van der Waals surface area contributed by atoms with Crippen LogP contribution in [0.2, 0.25) is 20.1 Å². The van der Waals surface area contributed by atoms with Crippen LogP contribution in [0.5, 0.6) is 0 Å². The molecule has 0 radical (unpaired) electrons. The third-order valence-corrected chi connectivity index (χ3v) is 10.4. The summed E-state index contributed by atoms with van der Waals surface area (Å²) in [5.74, 6) is -1.04. The van der Waals surface area contributed by atoms with E-state index in [9.17, 15) is 18.0 Å². The molecule has 0 saturated carbocycles. The fraction of sp³-hybridized carbons (Fsp3) is 0.235. The first-order valence-corrected chi connectivity index (χ1v) is 17.5. The third kappa shape index (κ3) is 8.96. The largest absolute Gasteiger partial charge is 0.354 e. The van der Waals surface area contributed by atoms with Crippen LogP contribution in [0.15, 0.2) is 102 Å². The summed E-state index contributed by atoms with van der Waals surface area (Å²) in [6.45, 7) is 1.64. The smallest absolute Gasteiger partial charge is 0.264 e. The second-order valence-electron chi connectivity index (χ2n) is 10.5. The van der Waals surface area contributed by atoms with Crippen molar-refractivity contribution < 1.29 is 18.0 Å². The zero-order valence-corrected chi connectivity index (χ0v) is 28.8. The zero-order chi connectivity index (χ0) is 33.3. The average Bonchev–Trinajstić information content (AvgIpc) is 3.04. The van der Waals surface area contributed by atoms with Gasteiger partial charge in [-0.05, 0) is 53.9 Å². The van der Waals surface area contributed by atoms with Crippen LogP contribution < -0.4 is 9.62 Å². The number of nitrogens with one attached hydrogen (secondary N) is 1. The minimum absolute atomic E-state index is 0.0165. The number of anilines is 1. The van der Waals surface area contributed by atoms with Gasteiger partial charge in [0.1, 0.15) is 12.6 Å². The van der Waals surface area contributed by atoms with Crippen molar-refractivity contribution in [3.63, 3.8) is 0 Å². The first-order chi connectivity index (χ1) is 22.0. The zero-order valence-electron chi connectivity index (χ0n) is 25.0. The molecule has 12 heteroatoms. The van der Waals surface area contributed by atoms with Gasteiger partial charge in [-0.15, -0.1) is 0 Å². The Labute approximate surface area is 290 Å². The normalized spacial score (nSPS) is 11.9. The van der Waals surface area contributed by atoms with Crippen LogP contribution in [-0.4, -0.2) is 44.3 Å². The maximum absolute atomic E-state index is 14.5. The van der Waals surface area contributed by atoms with Crippen LogP contribution in [0, 0.1) is 0 Å². The van der Waals surface area contributed by atoms with Gasteiger partial charge in [0.05, 0.1) is 20.6 Å². The van der Waals surface area contributed by atoms with Crippen molar-refractivity contribution in [2.75, 3.05) is 17.4 Å². The minimum Gasteiger partial charge on any atom is -0.354 e. The number of nitrogens with zero attached hydrogens (tertiary/aromatic N) is 2. The third-order valence-electron chi connectivity index (χ3n) is 7.27. The highest BCUT2D eigenvalue weighted by Gasteiger charge is 2.35. The highest BCUT2D eigenvalue weighted by atomic mass is 35.5. The van der Waals surface area contributed by atoms with Gasteiger partial charge in [-0.25, -0.2) is 8.42 Å². The van der Waals surface area contributed by atoms with Crippen LogP contribution >= 0.6 is 46.4 Å². The molecule has 0 aliphatic carbocycles. The summed E-state index contributed by atoms with van der Waals surface area (Å²) in [4.78, 5) is 29.7. The average molecular weight is 722 g/mol. The van der Waals surface area contributed by atoms with Gasteiger partial charge in [0.15, 0.2) is 0 Å². The number of halogens is 4. The van der Waals surface area contributed by atoms with E-state index in [1.165, 1.54) is 29.2 Å². The van der Waals surface area contributed by atoms with E-state index in [0.29, 0.717) is 22.2 Å². The van der Waals surface area contributed by atoms with Crippen molar-refractivity contribution in [1.82, 2.24) is 10.2 Å². The predicted octanol–water partition coefficient (Wildman–Crippen LogP) is 8.05. The molecule has 46 heavy (non-hydrogen) atoms. The molecular weight excluding hydrogens is 688 g/mol. The predicted molar refractivity (Wildman–Crippen MR) is 186 cm³/mol. The Bertz CT molecular complexity index is 1760. The highest BCUT2D eigenvalue weighted by molar-refractivity contribution is 7.92. The molecule has 0 saturated heterocycles. The lowest BCUT2D eigenvalue weighted by molar-refractivity contribution is -0.140. The van der Waals surface area contributed by atoms with Crippen LogP contribution in [0.3, 0.4) is 0 Å². The molecule has 0 fully saturated rings. The fourth-order valence-electron chi connectivity index (χ4n) is 4.81. The fourth-order valence-corrected chi connectivity index (χ4v) is 7.17. The molecule has 4 rings (SSSR count). The van der Waals surface area contributed by atoms with Crippen molar-refractivity contribution in [3.8, 4) is 0 Å². The molecular formula is C34H33Cl4N3O4S. The molecule has 4 aromatic rings. The number of hydrogen-bond acceptors (Lipinski definition) is 4. The maximum atomic E-state index is 14.5. The number of carbonyl (C=O) groups excluding carboxylic acids is 2. The number of unbranched alkanes of at least 4 members (excludes halogenated alkanes) is 1. The lowest BCUT2D eigenvalue weighted by Gasteiger charge is -2.34. The van der Waals surface area contributed by atoms with Crippen LogP contribution in [0.1, 0.15) is 30.9 Å². The molecule has 0 spiro atoms. The van der Waals surface area contributed by atoms with Gasteiger partial charge in [0.2, 0.25) is 11.8 Å². The van der Waals surface area contributed by atoms with Crippen molar-refractivity contribution in [2.24, 2.45) is 0 Å². The Morgan fingerprint density at radius 3 is 2.15 bits per heavy atom. The summed E-state index contributed by atoms with van der Waals surface area (Å²) in [5.41, 5.74) is 1.35. The van der Waals surface area contributed by atoms with E-state index in [0.717, 1.165) is 22.7 Å². The number of benzene rings is 4. The molecule has 0 aliphatic heterocycles. The molecule has 0 bridgehead atoms. The van der Waals surface area contributed by atoms with Gasteiger partial charge in [-0.3, -0.25) is 13.9 Å². The molecule has 0 heterocycles. The van der Waals surface area contributed by atoms with Gasteiger partial charge in [0.25, 0.3) is 10.0 Å². The molecule has 2 amide bonds. The standard InChI is InChI=1S/C34H33Cl4N3O4S/c1-2-3-19-39-34(43)31(20-24-11-6-4-7-12-24)40(22-25-17-18-26(35)21-29(25)37)32(42)23-41(30-16-10-15-28(36)33(30)38)46(44,45)27-13-8-5-9-14-27/h4-18,21,31H,2-3,19-20,22-23H2,1H3,(H,39,43)/t31-/m0/s1. The first kappa shape index (κ1) is 35.6. The monoisotopic (exact) mass is 719 g/mol. The highest BCUT2D eigenvalue weighted by Crippen LogP contribution is 2.36. The summed E-state index contributed by atoms with van der Waals surface area (Å²) < 4.78 is 29.1. The number of sulfonamides is 1. The Balaban J connectivity index is 1.83. The molecule has 4 aromatic carbocycles. The molecule has 0 aliphatic rings. The van der Waals surface area contributed by atoms with Crippen LogP contribution in [0.25, 0.3) is 0 Å². The second-order valence-corrected chi connectivity index (χ2v) is 14.0. The maximum Gasteiger partial charge on any atom is 0.264 e. The SMILES string of the molecule is CCCCNC(=O)[C@H](Cc1ccccc1)N(Cc1ccc(Cl)cc1Cl)C(=O)CN(c1cccc(Cl)c1Cl)S(=O)(=O)c1ccccc1. The lowest BCUT2D eigenvalue weighted by Crippen LogP contribution is -2.53. The molecule has 7 nitrogen and oxygen atoms in total. The Morgan fingerprint density at radius 2 is 1.50 bits per heavy atom. The Morgan fingerprint density at radius 1 is 0.826 bits per heavy atom. The minimum atomic E-state index is -4.33. The van der Waals surface area contributed by atoms with E-state index in [4.69, 9.17) is 46.4 Å². The molecule has 1 atom stereocenters. The first-order valence-electron chi connectivity index (χ1n) is 14.6. The van der Waals surface area contributed by atoms with Gasteiger partial charge < -0.3 is 10.2 Å². The van der Waals surface area contributed by atoms with Crippen LogP contribution in [0.4, 0.5) is 5.69 Å². The quantitative estimate of drug-likeness (QED) is 0.134. The van der Waals surface area contributed by atoms with Gasteiger partial charge in [-0.1, -0.05) is 120 Å². The molecule has 1 N–H and O–H groups in total. The molecule has 0 unspecified atom stereocenters. The topological polar surface area (TPSA) is 86.8 Å². The summed E-state index contributed by atoms with van der Waals surface area (Å²) in [5, 5.41) is 3.72. The number of hydrogen-bond donors (Lipinski definition) is 1. The van der Waals surface area contributed by atoms with E-state index in [1.807, 2.05) is 37.3 Å². The summed E-state index contributed by atoms with van der Waals surface area (Å²) in [6, 6.07) is 25.4.